The predicted octanol–water partition coefficient (Wildman–Crippen LogP) is 2.08. The lowest BCUT2D eigenvalue weighted by Gasteiger charge is -2.28. The number of carboxylic acids is 1. The van der Waals surface area contributed by atoms with Crippen LogP contribution in [0.15, 0.2) is 0 Å². The Bertz CT molecular complexity index is 376. The Morgan fingerprint density at radius 3 is 2.43 bits per heavy atom. The molecule has 2 aliphatic rings. The van der Waals surface area contributed by atoms with E-state index in [1.165, 1.54) is 0 Å². The van der Waals surface area contributed by atoms with Crippen molar-refractivity contribution in [2.24, 2.45) is 11.3 Å². The van der Waals surface area contributed by atoms with Gasteiger partial charge in [-0.3, -0.25) is 9.59 Å². The number of hydrogen-bond acceptors (Lipinski definition) is 3. The lowest BCUT2D eigenvalue weighted by atomic mass is 9.79. The van der Waals surface area contributed by atoms with E-state index in [1.54, 1.807) is 0 Å². The van der Waals surface area contributed by atoms with Gasteiger partial charge in [-0.2, -0.15) is 0 Å². The maximum Gasteiger partial charge on any atom is 0.303 e. The topological polar surface area (TPSA) is 86.6 Å². The van der Waals surface area contributed by atoms with Crippen molar-refractivity contribution in [3.63, 3.8) is 0 Å². The number of carbonyl (C=O) groups is 2. The number of rotatable bonds is 6. The van der Waals surface area contributed by atoms with Crippen molar-refractivity contribution in [2.45, 2.75) is 70.3 Å². The Morgan fingerprint density at radius 1 is 1.10 bits per heavy atom. The zero-order valence-corrected chi connectivity index (χ0v) is 12.6. The summed E-state index contributed by atoms with van der Waals surface area (Å²) in [5.41, 5.74) is -0.331. The van der Waals surface area contributed by atoms with Gasteiger partial charge in [-0.05, 0) is 43.4 Å². The van der Waals surface area contributed by atoms with Crippen LogP contribution in [-0.4, -0.2) is 34.7 Å². The van der Waals surface area contributed by atoms with Crippen LogP contribution < -0.4 is 5.32 Å². The van der Waals surface area contributed by atoms with Crippen LogP contribution in [0.5, 0.6) is 0 Å². The molecule has 2 atom stereocenters. The predicted molar refractivity (Wildman–Crippen MR) is 78.7 cm³/mol. The molecule has 0 aromatic carbocycles. The van der Waals surface area contributed by atoms with E-state index in [9.17, 15) is 14.7 Å². The number of carbonyl (C=O) groups excluding carboxylic acids is 1. The molecular formula is C16H27NO4. The second kappa shape index (κ2) is 7.25. The lowest BCUT2D eigenvalue weighted by Crippen LogP contribution is -2.36. The molecule has 0 heterocycles. The maximum atomic E-state index is 12.1. The van der Waals surface area contributed by atoms with Crippen LogP contribution in [0.1, 0.15) is 64.2 Å². The van der Waals surface area contributed by atoms with Crippen LogP contribution in [-0.2, 0) is 9.59 Å². The van der Waals surface area contributed by atoms with Gasteiger partial charge in [0.2, 0.25) is 5.91 Å². The third-order valence-corrected chi connectivity index (χ3v) is 5.07. The summed E-state index contributed by atoms with van der Waals surface area (Å²) in [7, 11) is 0. The van der Waals surface area contributed by atoms with Crippen molar-refractivity contribution in [1.29, 1.82) is 0 Å². The third kappa shape index (κ3) is 4.99. The van der Waals surface area contributed by atoms with E-state index in [0.717, 1.165) is 51.4 Å². The minimum atomic E-state index is -0.805. The molecule has 120 valence electrons. The standard InChI is InChI=1S/C16H27NO4/c18-13-5-3-4-12(8-13)11-17-14(19)9-16(10-15(20)21)6-1-2-7-16/h12-13,18H,1-11H2,(H,17,19)(H,20,21). The first-order chi connectivity index (χ1) is 9.99. The summed E-state index contributed by atoms with van der Waals surface area (Å²) < 4.78 is 0. The molecule has 0 radical (unpaired) electrons. The molecule has 5 nitrogen and oxygen atoms in total. The minimum Gasteiger partial charge on any atom is -0.481 e. The number of nitrogens with one attached hydrogen (secondary N) is 1. The SMILES string of the molecule is O=C(O)CC1(CC(=O)NCC2CCCC(O)C2)CCCC1. The largest absolute Gasteiger partial charge is 0.481 e. The zero-order valence-electron chi connectivity index (χ0n) is 12.6. The normalized spacial score (nSPS) is 28.2. The van der Waals surface area contributed by atoms with Crippen molar-refractivity contribution in [3.8, 4) is 0 Å². The Kier molecular flexibility index (Phi) is 5.62. The van der Waals surface area contributed by atoms with Crippen molar-refractivity contribution >= 4 is 11.9 Å². The molecule has 2 aliphatic carbocycles. The number of aliphatic hydroxyl groups excluding tert-OH is 1. The van der Waals surface area contributed by atoms with Gasteiger partial charge in [0.25, 0.3) is 0 Å². The average molecular weight is 297 g/mol. The van der Waals surface area contributed by atoms with Gasteiger partial charge in [0.1, 0.15) is 0 Å². The Balaban J connectivity index is 1.78. The first kappa shape index (κ1) is 16.3. The minimum absolute atomic E-state index is 0.0294. The van der Waals surface area contributed by atoms with E-state index >= 15 is 0 Å². The van der Waals surface area contributed by atoms with Gasteiger partial charge in [0.15, 0.2) is 0 Å². The van der Waals surface area contributed by atoms with E-state index < -0.39 is 5.97 Å². The van der Waals surface area contributed by atoms with Crippen molar-refractivity contribution < 1.29 is 19.8 Å². The first-order valence-corrected chi connectivity index (χ1v) is 8.16. The molecule has 2 rings (SSSR count). The lowest BCUT2D eigenvalue weighted by molar-refractivity contribution is -0.140. The van der Waals surface area contributed by atoms with Crippen LogP contribution >= 0.6 is 0 Å². The highest BCUT2D eigenvalue weighted by Gasteiger charge is 2.38. The van der Waals surface area contributed by atoms with E-state index in [-0.39, 0.29) is 23.8 Å². The molecule has 0 bridgehead atoms. The number of amides is 1. The molecule has 1 amide bonds. The summed E-state index contributed by atoms with van der Waals surface area (Å²) in [6.07, 6.45) is 7.63. The van der Waals surface area contributed by atoms with Crippen molar-refractivity contribution in [3.05, 3.63) is 0 Å². The smallest absolute Gasteiger partial charge is 0.303 e. The van der Waals surface area contributed by atoms with Crippen LogP contribution in [0.4, 0.5) is 0 Å². The molecule has 2 saturated carbocycles. The quantitative estimate of drug-likeness (QED) is 0.700. The second-order valence-corrected chi connectivity index (χ2v) is 6.94. The van der Waals surface area contributed by atoms with E-state index in [2.05, 4.69) is 5.32 Å². The highest BCUT2D eigenvalue weighted by Crippen LogP contribution is 2.44. The number of aliphatic carboxylic acids is 1. The molecule has 3 N–H and O–H groups in total. The van der Waals surface area contributed by atoms with Crippen molar-refractivity contribution in [2.75, 3.05) is 6.54 Å². The van der Waals surface area contributed by atoms with Gasteiger partial charge in [-0.25, -0.2) is 0 Å². The fourth-order valence-corrected chi connectivity index (χ4v) is 3.97. The second-order valence-electron chi connectivity index (χ2n) is 6.94. The Labute approximate surface area is 126 Å². The van der Waals surface area contributed by atoms with Crippen LogP contribution in [0.2, 0.25) is 0 Å². The van der Waals surface area contributed by atoms with Gasteiger partial charge < -0.3 is 15.5 Å². The summed E-state index contributed by atoms with van der Waals surface area (Å²) >= 11 is 0. The molecule has 2 unspecified atom stereocenters. The van der Waals surface area contributed by atoms with Crippen LogP contribution in [0, 0.1) is 11.3 Å². The summed E-state index contributed by atoms with van der Waals surface area (Å²) in [6, 6.07) is 0. The van der Waals surface area contributed by atoms with Gasteiger partial charge >= 0.3 is 5.97 Å². The molecule has 21 heavy (non-hydrogen) atoms. The summed E-state index contributed by atoms with van der Waals surface area (Å²) in [5, 5.41) is 21.6. The summed E-state index contributed by atoms with van der Waals surface area (Å²) in [5.74, 6) is -0.477. The van der Waals surface area contributed by atoms with E-state index in [0.29, 0.717) is 18.9 Å². The van der Waals surface area contributed by atoms with Crippen LogP contribution in [0.25, 0.3) is 0 Å². The van der Waals surface area contributed by atoms with Gasteiger partial charge in [-0.1, -0.05) is 19.3 Å². The highest BCUT2D eigenvalue weighted by atomic mass is 16.4. The van der Waals surface area contributed by atoms with Gasteiger partial charge in [-0.15, -0.1) is 0 Å². The fourth-order valence-electron chi connectivity index (χ4n) is 3.97. The van der Waals surface area contributed by atoms with Crippen LogP contribution in [0.3, 0.4) is 0 Å². The van der Waals surface area contributed by atoms with E-state index in [1.807, 2.05) is 0 Å². The molecular weight excluding hydrogens is 270 g/mol. The van der Waals surface area contributed by atoms with E-state index in [4.69, 9.17) is 5.11 Å². The summed E-state index contributed by atoms with van der Waals surface area (Å²) in [6.45, 7) is 0.610. The summed E-state index contributed by atoms with van der Waals surface area (Å²) in [4.78, 5) is 23.2. The molecule has 2 fully saturated rings. The Morgan fingerprint density at radius 2 is 1.81 bits per heavy atom. The monoisotopic (exact) mass is 297 g/mol. The third-order valence-electron chi connectivity index (χ3n) is 5.07. The molecule has 0 saturated heterocycles. The Hall–Kier alpha value is -1.10. The zero-order chi connectivity index (χ0) is 15.3. The fraction of sp³-hybridized carbons (Fsp3) is 0.875. The molecule has 0 aromatic rings. The van der Waals surface area contributed by atoms with Gasteiger partial charge in [0.05, 0.1) is 12.5 Å². The molecule has 0 aromatic heterocycles. The van der Waals surface area contributed by atoms with Gasteiger partial charge in [0, 0.05) is 13.0 Å². The number of hydrogen-bond donors (Lipinski definition) is 3. The highest BCUT2D eigenvalue weighted by molar-refractivity contribution is 5.78. The number of aliphatic hydroxyl groups is 1. The molecule has 0 spiro atoms. The molecule has 5 heteroatoms. The maximum absolute atomic E-state index is 12.1. The first-order valence-electron chi connectivity index (χ1n) is 8.16. The van der Waals surface area contributed by atoms with Crippen molar-refractivity contribution in [1.82, 2.24) is 5.32 Å². The average Bonchev–Trinajstić information content (AvgIpc) is 2.83. The molecule has 0 aliphatic heterocycles. The number of carboxylic acid groups (broad SMARTS) is 1.